The fourth-order valence-electron chi connectivity index (χ4n) is 0.382. The van der Waals surface area contributed by atoms with Crippen LogP contribution in [-0.4, -0.2) is 5.97 Å². The minimum atomic E-state index is -0.276. The van der Waals surface area contributed by atoms with Crippen molar-refractivity contribution in [3.8, 4) is 0 Å². The maximum atomic E-state index is 10.2. The van der Waals surface area contributed by atoms with E-state index in [9.17, 15) is 4.79 Å². The summed E-state index contributed by atoms with van der Waals surface area (Å²) >= 11 is 4.74. The molecule has 40 valence electrons. The van der Waals surface area contributed by atoms with Gasteiger partial charge in [0.2, 0.25) is 0 Å². The summed E-state index contributed by atoms with van der Waals surface area (Å²) < 4.78 is 3.91. The first-order valence-corrected chi connectivity index (χ1v) is 2.48. The van der Waals surface area contributed by atoms with Gasteiger partial charge in [-0.1, -0.05) is 0 Å². The molecule has 3 heteroatoms. The Hall–Kier alpha value is -0.240. The zero-order chi connectivity index (χ0) is 5.28. The van der Waals surface area contributed by atoms with Crippen molar-refractivity contribution in [2.45, 2.75) is 12.8 Å². The molecule has 0 saturated heterocycles. The van der Waals surface area contributed by atoms with Crippen molar-refractivity contribution in [2.75, 3.05) is 0 Å². The van der Waals surface area contributed by atoms with Gasteiger partial charge < -0.3 is 4.29 Å². The lowest BCUT2D eigenvalue weighted by molar-refractivity contribution is -0.135. The van der Waals surface area contributed by atoms with E-state index in [-0.39, 0.29) is 11.9 Å². The summed E-state index contributed by atoms with van der Waals surface area (Å²) in [6.07, 6.45) is 1.90. The van der Waals surface area contributed by atoms with Crippen LogP contribution in [-0.2, 0) is 9.08 Å². The Morgan fingerprint density at radius 3 is 2.43 bits per heavy atom. The Morgan fingerprint density at radius 2 is 2.29 bits per heavy atom. The molecule has 0 amide bonds. The second kappa shape index (κ2) is 1.70. The zero-order valence-electron chi connectivity index (χ0n) is 3.69. The van der Waals surface area contributed by atoms with E-state index in [0.29, 0.717) is 0 Å². The number of hydrogen-bond acceptors (Lipinski definition) is 2. The van der Waals surface area contributed by atoms with Gasteiger partial charge in [-0.3, -0.25) is 4.79 Å². The second-order valence-corrected chi connectivity index (χ2v) is 1.82. The molecule has 0 aliphatic heterocycles. The van der Waals surface area contributed by atoms with Gasteiger partial charge in [-0.25, -0.2) is 0 Å². The van der Waals surface area contributed by atoms with Crippen molar-refractivity contribution in [2.24, 2.45) is 5.92 Å². The molecular formula is C4H5ClO2. The van der Waals surface area contributed by atoms with Gasteiger partial charge in [0.1, 0.15) is 11.9 Å². The van der Waals surface area contributed by atoms with Crippen LogP contribution in [0.3, 0.4) is 0 Å². The number of rotatable bonds is 1. The maximum Gasteiger partial charge on any atom is 0.327 e. The normalized spacial score (nSPS) is 19.0. The first kappa shape index (κ1) is 4.91. The Bertz CT molecular complexity index is 87.7. The van der Waals surface area contributed by atoms with E-state index in [2.05, 4.69) is 4.29 Å². The quantitative estimate of drug-likeness (QED) is 0.518. The van der Waals surface area contributed by atoms with E-state index >= 15 is 0 Å². The molecule has 1 rings (SSSR count). The smallest absolute Gasteiger partial charge is 0.327 e. The molecule has 1 saturated carbocycles. The van der Waals surface area contributed by atoms with Crippen LogP contribution < -0.4 is 0 Å². The molecule has 1 aliphatic rings. The van der Waals surface area contributed by atoms with Crippen LogP contribution in [0, 0.1) is 5.92 Å². The molecule has 0 atom stereocenters. The first-order chi connectivity index (χ1) is 3.34. The fraction of sp³-hybridized carbons (Fsp3) is 0.750. The van der Waals surface area contributed by atoms with Crippen molar-refractivity contribution in [3.05, 3.63) is 0 Å². The van der Waals surface area contributed by atoms with Gasteiger partial charge in [0, 0.05) is 0 Å². The Kier molecular flexibility index (Phi) is 1.19. The average molecular weight is 121 g/mol. The molecule has 0 spiro atoms. The fourth-order valence-corrected chi connectivity index (χ4v) is 0.508. The van der Waals surface area contributed by atoms with Crippen LogP contribution in [0.4, 0.5) is 0 Å². The highest BCUT2D eigenvalue weighted by Gasteiger charge is 2.31. The summed E-state index contributed by atoms with van der Waals surface area (Å²) in [4.78, 5) is 10.2. The molecule has 0 bridgehead atoms. The highest BCUT2D eigenvalue weighted by atomic mass is 35.5. The highest BCUT2D eigenvalue weighted by molar-refractivity contribution is 6.13. The molecule has 7 heavy (non-hydrogen) atoms. The molecule has 2 nitrogen and oxygen atoms in total. The minimum absolute atomic E-state index is 0.123. The summed E-state index contributed by atoms with van der Waals surface area (Å²) in [6, 6.07) is 0. The summed E-state index contributed by atoms with van der Waals surface area (Å²) in [5, 5.41) is 0. The molecule has 0 N–H and O–H groups in total. The molecule has 0 aromatic carbocycles. The molecule has 0 heterocycles. The third kappa shape index (κ3) is 1.06. The van der Waals surface area contributed by atoms with Gasteiger partial charge in [0.05, 0.1) is 5.92 Å². The average Bonchev–Trinajstić information content (AvgIpc) is 2.44. The standard InChI is InChI=1S/C4H5ClO2/c5-7-4(6)3-1-2-3/h3H,1-2H2. The van der Waals surface area contributed by atoms with E-state index in [1.54, 1.807) is 0 Å². The molecule has 0 aromatic rings. The Balaban J connectivity index is 2.24. The number of carbonyl (C=O) groups excluding carboxylic acids is 1. The van der Waals surface area contributed by atoms with Crippen molar-refractivity contribution >= 4 is 17.8 Å². The SMILES string of the molecule is O=C(OCl)C1CC1. The number of hydrogen-bond donors (Lipinski definition) is 0. The van der Waals surface area contributed by atoms with Crippen LogP contribution in [0.2, 0.25) is 0 Å². The predicted molar refractivity (Wildman–Crippen MR) is 24.7 cm³/mol. The summed E-state index contributed by atoms with van der Waals surface area (Å²) in [5.74, 6) is -0.154. The predicted octanol–water partition coefficient (Wildman–Crippen LogP) is 1.09. The van der Waals surface area contributed by atoms with Crippen LogP contribution in [0.1, 0.15) is 12.8 Å². The van der Waals surface area contributed by atoms with Gasteiger partial charge in [0.25, 0.3) is 0 Å². The molecule has 0 unspecified atom stereocenters. The van der Waals surface area contributed by atoms with Crippen molar-refractivity contribution in [1.29, 1.82) is 0 Å². The largest absolute Gasteiger partial charge is 0.347 e. The molecule has 1 aliphatic carbocycles. The summed E-state index contributed by atoms with van der Waals surface area (Å²) in [7, 11) is 0. The number of carbonyl (C=O) groups is 1. The maximum absolute atomic E-state index is 10.2. The van der Waals surface area contributed by atoms with Crippen LogP contribution >= 0.6 is 11.9 Å². The van der Waals surface area contributed by atoms with Gasteiger partial charge in [-0.05, 0) is 12.8 Å². The van der Waals surface area contributed by atoms with E-state index in [0.717, 1.165) is 12.8 Å². The first-order valence-electron chi connectivity index (χ1n) is 2.17. The molecular weight excluding hydrogens is 115 g/mol. The zero-order valence-corrected chi connectivity index (χ0v) is 4.44. The summed E-state index contributed by atoms with van der Waals surface area (Å²) in [5.41, 5.74) is 0. The van der Waals surface area contributed by atoms with E-state index in [4.69, 9.17) is 11.9 Å². The van der Waals surface area contributed by atoms with Crippen LogP contribution in [0.5, 0.6) is 0 Å². The van der Waals surface area contributed by atoms with Gasteiger partial charge >= 0.3 is 5.97 Å². The van der Waals surface area contributed by atoms with Gasteiger partial charge in [-0.2, -0.15) is 0 Å². The van der Waals surface area contributed by atoms with Crippen molar-refractivity contribution in [3.63, 3.8) is 0 Å². The third-order valence-corrected chi connectivity index (χ3v) is 1.14. The lowest BCUT2D eigenvalue weighted by Gasteiger charge is -1.84. The lowest BCUT2D eigenvalue weighted by atomic mass is 10.5. The van der Waals surface area contributed by atoms with Gasteiger partial charge in [-0.15, -0.1) is 0 Å². The minimum Gasteiger partial charge on any atom is -0.347 e. The molecule has 0 radical (unpaired) electrons. The highest BCUT2D eigenvalue weighted by Crippen LogP contribution is 2.30. The second-order valence-electron chi connectivity index (χ2n) is 1.67. The monoisotopic (exact) mass is 120 g/mol. The van der Waals surface area contributed by atoms with Crippen molar-refractivity contribution in [1.82, 2.24) is 0 Å². The molecule has 0 aromatic heterocycles. The topological polar surface area (TPSA) is 26.3 Å². The summed E-state index contributed by atoms with van der Waals surface area (Å²) in [6.45, 7) is 0. The number of halogens is 1. The van der Waals surface area contributed by atoms with Crippen LogP contribution in [0.25, 0.3) is 0 Å². The Morgan fingerprint density at radius 1 is 1.71 bits per heavy atom. The van der Waals surface area contributed by atoms with Crippen LogP contribution in [0.15, 0.2) is 0 Å². The van der Waals surface area contributed by atoms with Gasteiger partial charge in [0.15, 0.2) is 0 Å². The van der Waals surface area contributed by atoms with E-state index < -0.39 is 0 Å². The van der Waals surface area contributed by atoms with Crippen molar-refractivity contribution < 1.29 is 9.08 Å². The molecule has 1 fully saturated rings. The third-order valence-electron chi connectivity index (χ3n) is 0.987. The Labute approximate surface area is 46.6 Å². The van der Waals surface area contributed by atoms with E-state index in [1.165, 1.54) is 0 Å². The lowest BCUT2D eigenvalue weighted by Crippen LogP contribution is -1.97. The van der Waals surface area contributed by atoms with E-state index in [1.807, 2.05) is 0 Å².